The number of hydrogen-bond donors (Lipinski definition) is 1. The van der Waals surface area contributed by atoms with Gasteiger partial charge in [-0.3, -0.25) is 0 Å². The molecule has 0 radical (unpaired) electrons. The molecule has 0 bridgehead atoms. The molecule has 0 saturated carbocycles. The number of fused-ring (bicyclic) bond motifs is 1. The molecule has 0 aliphatic heterocycles. The Morgan fingerprint density at radius 1 is 0.900 bits per heavy atom. The van der Waals surface area contributed by atoms with E-state index < -0.39 is 11.9 Å². The van der Waals surface area contributed by atoms with Crippen LogP contribution in [0.15, 0.2) is 60.7 Å². The third-order valence-electron chi connectivity index (χ3n) is 3.45. The van der Waals surface area contributed by atoms with Gasteiger partial charge in [0.1, 0.15) is 5.82 Å². The van der Waals surface area contributed by atoms with Crippen molar-refractivity contribution in [1.82, 2.24) is 0 Å². The molecule has 1 nitrogen and oxygen atoms in total. The monoisotopic (exact) mass is 285 g/mol. The average Bonchev–Trinajstić information content (AvgIpc) is 2.49. The van der Waals surface area contributed by atoms with Crippen LogP contribution in [-0.4, -0.2) is 0 Å². The highest BCUT2D eigenvalue weighted by Gasteiger charge is 2.15. The Labute approximate surface area is 121 Å². The minimum absolute atomic E-state index is 0.0961. The Morgan fingerprint density at radius 3 is 2.45 bits per heavy atom. The van der Waals surface area contributed by atoms with Crippen LogP contribution in [0, 0.1) is 5.82 Å². The largest absolute Gasteiger partial charge is 0.320 e. The van der Waals surface area contributed by atoms with Crippen LogP contribution in [0.2, 0.25) is 5.02 Å². The van der Waals surface area contributed by atoms with Crippen LogP contribution in [0.3, 0.4) is 0 Å². The third-order valence-corrected chi connectivity index (χ3v) is 3.74. The van der Waals surface area contributed by atoms with Crippen molar-refractivity contribution >= 4 is 22.4 Å². The van der Waals surface area contributed by atoms with Gasteiger partial charge in [0.15, 0.2) is 0 Å². The molecule has 3 heteroatoms. The van der Waals surface area contributed by atoms with Crippen molar-refractivity contribution < 1.29 is 4.39 Å². The summed E-state index contributed by atoms with van der Waals surface area (Å²) in [5, 5.41) is 2.32. The predicted molar refractivity (Wildman–Crippen MR) is 81.4 cm³/mol. The van der Waals surface area contributed by atoms with Crippen molar-refractivity contribution in [2.45, 2.75) is 6.04 Å². The van der Waals surface area contributed by atoms with Gasteiger partial charge in [-0.15, -0.1) is 0 Å². The molecule has 20 heavy (non-hydrogen) atoms. The fourth-order valence-corrected chi connectivity index (χ4v) is 2.52. The predicted octanol–water partition coefficient (Wildman–Crippen LogP) is 4.68. The first-order chi connectivity index (χ1) is 9.66. The molecular formula is C17H13ClFN. The molecule has 100 valence electrons. The highest BCUT2D eigenvalue weighted by atomic mass is 35.5. The summed E-state index contributed by atoms with van der Waals surface area (Å²) in [6.45, 7) is 0. The summed E-state index contributed by atoms with van der Waals surface area (Å²) in [7, 11) is 0. The number of benzene rings is 3. The molecule has 1 unspecified atom stereocenters. The van der Waals surface area contributed by atoms with E-state index in [0.29, 0.717) is 5.56 Å². The van der Waals surface area contributed by atoms with Crippen LogP contribution in [0.5, 0.6) is 0 Å². The van der Waals surface area contributed by atoms with E-state index in [2.05, 4.69) is 0 Å². The van der Waals surface area contributed by atoms with E-state index in [-0.39, 0.29) is 5.02 Å². The zero-order valence-electron chi connectivity index (χ0n) is 10.7. The highest BCUT2D eigenvalue weighted by Crippen LogP contribution is 2.28. The highest BCUT2D eigenvalue weighted by molar-refractivity contribution is 6.30. The molecule has 0 aromatic heterocycles. The summed E-state index contributed by atoms with van der Waals surface area (Å²) in [5.74, 6) is -0.449. The lowest BCUT2D eigenvalue weighted by molar-refractivity contribution is 0.600. The lowest BCUT2D eigenvalue weighted by atomic mass is 9.96. The Bertz CT molecular complexity index is 770. The van der Waals surface area contributed by atoms with E-state index in [1.165, 1.54) is 6.07 Å². The van der Waals surface area contributed by atoms with Crippen molar-refractivity contribution in [2.24, 2.45) is 5.73 Å². The van der Waals surface area contributed by atoms with E-state index in [1.807, 2.05) is 42.5 Å². The number of nitrogens with two attached hydrogens (primary N) is 1. The summed E-state index contributed by atoms with van der Waals surface area (Å²) < 4.78 is 14.0. The van der Waals surface area contributed by atoms with Gasteiger partial charge in [0.25, 0.3) is 0 Å². The number of hydrogen-bond acceptors (Lipinski definition) is 1. The van der Waals surface area contributed by atoms with Crippen LogP contribution in [-0.2, 0) is 0 Å². The van der Waals surface area contributed by atoms with E-state index in [1.54, 1.807) is 12.1 Å². The lowest BCUT2D eigenvalue weighted by Gasteiger charge is -2.15. The normalized spacial score (nSPS) is 12.6. The van der Waals surface area contributed by atoms with E-state index in [4.69, 9.17) is 17.3 Å². The molecule has 0 heterocycles. The van der Waals surface area contributed by atoms with E-state index in [0.717, 1.165) is 16.3 Å². The second-order valence-corrected chi connectivity index (χ2v) is 5.13. The van der Waals surface area contributed by atoms with Gasteiger partial charge in [-0.1, -0.05) is 60.1 Å². The first kappa shape index (κ1) is 13.1. The molecule has 0 amide bonds. The zero-order valence-corrected chi connectivity index (χ0v) is 11.4. The summed E-state index contributed by atoms with van der Waals surface area (Å²) in [5.41, 5.74) is 7.45. The Balaban J connectivity index is 2.08. The quantitative estimate of drug-likeness (QED) is 0.727. The maximum absolute atomic E-state index is 14.0. The number of rotatable bonds is 2. The topological polar surface area (TPSA) is 26.0 Å². The van der Waals surface area contributed by atoms with Crippen LogP contribution in [0.1, 0.15) is 17.2 Å². The van der Waals surface area contributed by atoms with Crippen molar-refractivity contribution in [2.75, 3.05) is 0 Å². The van der Waals surface area contributed by atoms with Gasteiger partial charge in [-0.2, -0.15) is 0 Å². The Morgan fingerprint density at radius 2 is 1.65 bits per heavy atom. The van der Waals surface area contributed by atoms with Crippen LogP contribution in [0.25, 0.3) is 10.8 Å². The molecule has 1 atom stereocenters. The summed E-state index contributed by atoms with van der Waals surface area (Å²) in [4.78, 5) is 0. The van der Waals surface area contributed by atoms with Crippen LogP contribution in [0.4, 0.5) is 4.39 Å². The SMILES string of the molecule is NC(c1ccc2ccccc2c1)c1cccc(Cl)c1F. The maximum Gasteiger partial charge on any atom is 0.146 e. The molecule has 3 aromatic carbocycles. The van der Waals surface area contributed by atoms with Crippen molar-refractivity contribution in [3.05, 3.63) is 82.6 Å². The van der Waals surface area contributed by atoms with Gasteiger partial charge in [0, 0.05) is 5.56 Å². The smallest absolute Gasteiger partial charge is 0.146 e. The summed E-state index contributed by atoms with van der Waals surface area (Å²) in [6.07, 6.45) is 0. The van der Waals surface area contributed by atoms with Crippen molar-refractivity contribution in [3.63, 3.8) is 0 Å². The van der Waals surface area contributed by atoms with Gasteiger partial charge in [0.05, 0.1) is 11.1 Å². The zero-order chi connectivity index (χ0) is 14.1. The fraction of sp³-hybridized carbons (Fsp3) is 0.0588. The molecule has 0 aliphatic carbocycles. The molecule has 2 N–H and O–H groups in total. The van der Waals surface area contributed by atoms with Gasteiger partial charge < -0.3 is 5.73 Å². The second-order valence-electron chi connectivity index (χ2n) is 4.73. The molecular weight excluding hydrogens is 273 g/mol. The Kier molecular flexibility index (Phi) is 3.43. The van der Waals surface area contributed by atoms with E-state index >= 15 is 0 Å². The summed E-state index contributed by atoms with van der Waals surface area (Å²) in [6, 6.07) is 18.3. The van der Waals surface area contributed by atoms with Crippen molar-refractivity contribution in [1.29, 1.82) is 0 Å². The van der Waals surface area contributed by atoms with Gasteiger partial charge >= 0.3 is 0 Å². The van der Waals surface area contributed by atoms with Crippen LogP contribution >= 0.6 is 11.6 Å². The van der Waals surface area contributed by atoms with E-state index in [9.17, 15) is 4.39 Å². The second kappa shape index (κ2) is 5.23. The molecule has 0 spiro atoms. The molecule has 0 fully saturated rings. The standard InChI is InChI=1S/C17H13ClFN/c18-15-7-3-6-14(16(15)19)17(20)13-9-8-11-4-1-2-5-12(11)10-13/h1-10,17H,20H2. The first-order valence-electron chi connectivity index (χ1n) is 6.35. The average molecular weight is 286 g/mol. The van der Waals surface area contributed by atoms with Gasteiger partial charge in [-0.25, -0.2) is 4.39 Å². The molecule has 3 aromatic rings. The summed E-state index contributed by atoms with van der Waals surface area (Å²) >= 11 is 5.81. The molecule has 0 aliphatic rings. The lowest BCUT2D eigenvalue weighted by Crippen LogP contribution is -2.13. The fourth-order valence-electron chi connectivity index (χ4n) is 2.34. The van der Waals surface area contributed by atoms with Crippen molar-refractivity contribution in [3.8, 4) is 0 Å². The first-order valence-corrected chi connectivity index (χ1v) is 6.73. The minimum atomic E-state index is -0.529. The minimum Gasteiger partial charge on any atom is -0.320 e. The molecule has 0 saturated heterocycles. The van der Waals surface area contributed by atoms with Gasteiger partial charge in [-0.05, 0) is 28.5 Å². The molecule has 3 rings (SSSR count). The Hall–Kier alpha value is -1.90. The van der Waals surface area contributed by atoms with Gasteiger partial charge in [0.2, 0.25) is 0 Å². The maximum atomic E-state index is 14.0. The van der Waals surface area contributed by atoms with Crippen LogP contribution < -0.4 is 5.73 Å². The number of halogens is 2. The third kappa shape index (κ3) is 2.28.